The molecule has 84 valence electrons. The minimum atomic E-state index is 0.518. The maximum atomic E-state index is 3.51. The second-order valence-corrected chi connectivity index (χ2v) is 4.02. The topological polar surface area (TPSA) is 24.1 Å². The van der Waals surface area contributed by atoms with Crippen LogP contribution in [0.4, 0.5) is 0 Å². The number of rotatable bonds is 6. The predicted octanol–water partition coefficient (Wildman–Crippen LogP) is 2.08. The van der Waals surface area contributed by atoms with Gasteiger partial charge in [0.1, 0.15) is 0 Å². The van der Waals surface area contributed by atoms with Crippen LogP contribution in [0, 0.1) is 6.92 Å². The molecule has 0 aromatic heterocycles. The Morgan fingerprint density at radius 2 is 2.00 bits per heavy atom. The molecule has 2 heteroatoms. The highest BCUT2D eigenvalue weighted by Gasteiger charge is 2.01. The van der Waals surface area contributed by atoms with E-state index in [1.807, 2.05) is 0 Å². The summed E-state index contributed by atoms with van der Waals surface area (Å²) in [6.07, 6.45) is 0. The molecule has 15 heavy (non-hydrogen) atoms. The van der Waals surface area contributed by atoms with Crippen LogP contribution in [-0.4, -0.2) is 19.1 Å². The first-order valence-electron chi connectivity index (χ1n) is 5.72. The number of nitrogens with one attached hydrogen (secondary N) is 2. The summed E-state index contributed by atoms with van der Waals surface area (Å²) in [6.45, 7) is 9.53. The fourth-order valence-corrected chi connectivity index (χ4v) is 1.53. The van der Waals surface area contributed by atoms with E-state index in [1.165, 1.54) is 11.1 Å². The van der Waals surface area contributed by atoms with Gasteiger partial charge in [-0.3, -0.25) is 0 Å². The molecule has 1 unspecified atom stereocenters. The smallest absolute Gasteiger partial charge is 0.0211 e. The number of aryl methyl sites for hydroxylation is 1. The summed E-state index contributed by atoms with van der Waals surface area (Å²) in [6, 6.07) is 9.04. The highest BCUT2D eigenvalue weighted by molar-refractivity contribution is 5.25. The Labute approximate surface area is 93.1 Å². The van der Waals surface area contributed by atoms with Crippen LogP contribution >= 0.6 is 0 Å². The maximum absolute atomic E-state index is 3.51. The third kappa shape index (κ3) is 4.45. The molecule has 2 nitrogen and oxygen atoms in total. The largest absolute Gasteiger partial charge is 0.315 e. The molecule has 0 heterocycles. The van der Waals surface area contributed by atoms with Crippen LogP contribution in [0.3, 0.4) is 0 Å². The van der Waals surface area contributed by atoms with E-state index < -0.39 is 0 Å². The summed E-state index contributed by atoms with van der Waals surface area (Å²) < 4.78 is 0. The molecular weight excluding hydrogens is 184 g/mol. The minimum absolute atomic E-state index is 0.518. The molecule has 0 radical (unpaired) electrons. The Hall–Kier alpha value is -0.860. The molecule has 0 saturated carbocycles. The number of hydrogen-bond acceptors (Lipinski definition) is 2. The van der Waals surface area contributed by atoms with Crippen LogP contribution in [0.2, 0.25) is 0 Å². The zero-order valence-corrected chi connectivity index (χ0v) is 10.0. The number of benzene rings is 1. The van der Waals surface area contributed by atoms with Crippen molar-refractivity contribution < 1.29 is 0 Å². The van der Waals surface area contributed by atoms with Gasteiger partial charge in [0.15, 0.2) is 0 Å². The Bertz CT molecular complexity index is 284. The molecule has 0 saturated heterocycles. The predicted molar refractivity (Wildman–Crippen MR) is 66.0 cm³/mol. The van der Waals surface area contributed by atoms with E-state index in [4.69, 9.17) is 0 Å². The molecule has 0 spiro atoms. The van der Waals surface area contributed by atoms with Crippen LogP contribution in [-0.2, 0) is 6.54 Å². The molecular formula is C13H22N2. The van der Waals surface area contributed by atoms with Crippen molar-refractivity contribution in [2.75, 3.05) is 13.1 Å². The molecule has 0 aliphatic heterocycles. The van der Waals surface area contributed by atoms with Crippen molar-refractivity contribution in [3.8, 4) is 0 Å². The van der Waals surface area contributed by atoms with Gasteiger partial charge in [-0.15, -0.1) is 0 Å². The zero-order valence-electron chi connectivity index (χ0n) is 10.0. The van der Waals surface area contributed by atoms with Gasteiger partial charge in [0.2, 0.25) is 0 Å². The van der Waals surface area contributed by atoms with Gasteiger partial charge in [-0.1, -0.05) is 31.2 Å². The monoisotopic (exact) mass is 206 g/mol. The Balaban J connectivity index is 2.33. The Morgan fingerprint density at radius 1 is 1.27 bits per heavy atom. The lowest BCUT2D eigenvalue weighted by Gasteiger charge is -2.15. The van der Waals surface area contributed by atoms with Gasteiger partial charge in [-0.05, 0) is 31.5 Å². The van der Waals surface area contributed by atoms with Gasteiger partial charge in [-0.25, -0.2) is 0 Å². The van der Waals surface area contributed by atoms with E-state index in [2.05, 4.69) is 55.7 Å². The first kappa shape index (κ1) is 12.2. The normalized spacial score (nSPS) is 12.7. The second-order valence-electron chi connectivity index (χ2n) is 4.02. The molecule has 2 N–H and O–H groups in total. The van der Waals surface area contributed by atoms with Gasteiger partial charge in [0.05, 0.1) is 0 Å². The highest BCUT2D eigenvalue weighted by atomic mass is 15.0. The molecule has 0 aliphatic rings. The van der Waals surface area contributed by atoms with Crippen molar-refractivity contribution in [2.24, 2.45) is 0 Å². The lowest BCUT2D eigenvalue weighted by molar-refractivity contribution is 0.508. The standard InChI is InChI=1S/C13H22N2/c1-4-14-9-12(3)15-10-13-8-6-5-7-11(13)2/h5-8,12,14-15H,4,9-10H2,1-3H3. The van der Waals surface area contributed by atoms with Gasteiger partial charge in [0.25, 0.3) is 0 Å². The first-order chi connectivity index (χ1) is 7.24. The summed E-state index contributed by atoms with van der Waals surface area (Å²) in [5.41, 5.74) is 2.75. The molecule has 0 amide bonds. The maximum Gasteiger partial charge on any atom is 0.0211 e. The molecule has 1 atom stereocenters. The molecule has 0 bridgehead atoms. The van der Waals surface area contributed by atoms with Crippen LogP contribution in [0.25, 0.3) is 0 Å². The molecule has 0 aliphatic carbocycles. The van der Waals surface area contributed by atoms with E-state index in [9.17, 15) is 0 Å². The van der Waals surface area contributed by atoms with E-state index in [1.54, 1.807) is 0 Å². The van der Waals surface area contributed by atoms with E-state index in [0.29, 0.717) is 6.04 Å². The van der Waals surface area contributed by atoms with Crippen LogP contribution in [0.1, 0.15) is 25.0 Å². The summed E-state index contributed by atoms with van der Waals surface area (Å²) in [7, 11) is 0. The van der Waals surface area contributed by atoms with Crippen molar-refractivity contribution in [1.29, 1.82) is 0 Å². The Kier molecular flexibility index (Phi) is 5.37. The zero-order chi connectivity index (χ0) is 11.1. The van der Waals surface area contributed by atoms with Crippen molar-refractivity contribution >= 4 is 0 Å². The molecule has 1 aromatic carbocycles. The summed E-state index contributed by atoms with van der Waals surface area (Å²) in [5.74, 6) is 0. The quantitative estimate of drug-likeness (QED) is 0.744. The number of hydrogen-bond donors (Lipinski definition) is 2. The van der Waals surface area contributed by atoms with Crippen molar-refractivity contribution in [2.45, 2.75) is 33.4 Å². The third-order valence-corrected chi connectivity index (χ3v) is 2.60. The first-order valence-corrected chi connectivity index (χ1v) is 5.72. The SMILES string of the molecule is CCNCC(C)NCc1ccccc1C. The summed E-state index contributed by atoms with van der Waals surface area (Å²) >= 11 is 0. The van der Waals surface area contributed by atoms with Crippen LogP contribution in [0.15, 0.2) is 24.3 Å². The van der Waals surface area contributed by atoms with Crippen molar-refractivity contribution in [3.63, 3.8) is 0 Å². The molecule has 1 rings (SSSR count). The highest BCUT2D eigenvalue weighted by Crippen LogP contribution is 2.06. The third-order valence-electron chi connectivity index (χ3n) is 2.60. The number of likely N-dealkylation sites (N-methyl/N-ethyl adjacent to an activating group) is 1. The lowest BCUT2D eigenvalue weighted by Crippen LogP contribution is -2.35. The van der Waals surface area contributed by atoms with Gasteiger partial charge < -0.3 is 10.6 Å². The summed E-state index contributed by atoms with van der Waals surface area (Å²) in [4.78, 5) is 0. The van der Waals surface area contributed by atoms with E-state index >= 15 is 0 Å². The second kappa shape index (κ2) is 6.59. The van der Waals surface area contributed by atoms with Gasteiger partial charge in [0, 0.05) is 19.1 Å². The van der Waals surface area contributed by atoms with Crippen molar-refractivity contribution in [1.82, 2.24) is 10.6 Å². The van der Waals surface area contributed by atoms with Gasteiger partial charge in [-0.2, -0.15) is 0 Å². The fraction of sp³-hybridized carbons (Fsp3) is 0.538. The Morgan fingerprint density at radius 3 is 2.67 bits per heavy atom. The average Bonchev–Trinajstić information content (AvgIpc) is 2.25. The van der Waals surface area contributed by atoms with Crippen LogP contribution < -0.4 is 10.6 Å². The van der Waals surface area contributed by atoms with Gasteiger partial charge >= 0.3 is 0 Å². The lowest BCUT2D eigenvalue weighted by atomic mass is 10.1. The van der Waals surface area contributed by atoms with Crippen LogP contribution in [0.5, 0.6) is 0 Å². The molecule has 1 aromatic rings. The van der Waals surface area contributed by atoms with E-state index in [0.717, 1.165) is 19.6 Å². The minimum Gasteiger partial charge on any atom is -0.315 e. The van der Waals surface area contributed by atoms with E-state index in [-0.39, 0.29) is 0 Å². The fourth-order valence-electron chi connectivity index (χ4n) is 1.53. The molecule has 0 fully saturated rings. The summed E-state index contributed by atoms with van der Waals surface area (Å²) in [5, 5.41) is 6.85. The van der Waals surface area contributed by atoms with Crippen molar-refractivity contribution in [3.05, 3.63) is 35.4 Å². The average molecular weight is 206 g/mol.